The van der Waals surface area contributed by atoms with Gasteiger partial charge in [-0.15, -0.1) is 0 Å². The Hall–Kier alpha value is -2.79. The van der Waals surface area contributed by atoms with Crippen LogP contribution in [0.3, 0.4) is 0 Å². The van der Waals surface area contributed by atoms with Crippen LogP contribution in [0.1, 0.15) is 34.5 Å². The summed E-state index contributed by atoms with van der Waals surface area (Å²) in [6.45, 7) is 1.14. The summed E-state index contributed by atoms with van der Waals surface area (Å²) in [5.41, 5.74) is 16.6. The lowest BCUT2D eigenvalue weighted by Gasteiger charge is -2.20. The zero-order valence-electron chi connectivity index (χ0n) is 15.7. The number of nitrogens with one attached hydrogen (secondary N) is 1. The Morgan fingerprint density at radius 3 is 2.78 bits per heavy atom. The Morgan fingerprint density at radius 1 is 1.19 bits per heavy atom. The van der Waals surface area contributed by atoms with E-state index in [0.717, 1.165) is 24.2 Å². The molecule has 27 heavy (non-hydrogen) atoms. The number of carbonyl (C=O) groups is 1. The molecular weight excluding hydrogens is 336 g/mol. The quantitative estimate of drug-likeness (QED) is 0.479. The molecule has 2 heterocycles. The lowest BCUT2D eigenvalue weighted by Crippen LogP contribution is -2.27. The summed E-state index contributed by atoms with van der Waals surface area (Å²) >= 11 is 0. The van der Waals surface area contributed by atoms with Crippen LogP contribution in [-0.4, -0.2) is 35.3 Å². The maximum absolute atomic E-state index is 13.0. The van der Waals surface area contributed by atoms with Gasteiger partial charge in [-0.25, -0.2) is 0 Å². The molecule has 0 spiro atoms. The summed E-state index contributed by atoms with van der Waals surface area (Å²) < 4.78 is 0. The number of benzene rings is 2. The van der Waals surface area contributed by atoms with Gasteiger partial charge in [0.25, 0.3) is 0 Å². The molecule has 2 aromatic carbocycles. The van der Waals surface area contributed by atoms with Crippen molar-refractivity contribution in [1.82, 2.24) is 9.88 Å². The molecule has 0 aliphatic carbocycles. The van der Waals surface area contributed by atoms with Crippen molar-refractivity contribution in [1.29, 1.82) is 0 Å². The van der Waals surface area contributed by atoms with E-state index >= 15 is 0 Å². The number of nitrogen functional groups attached to an aromatic ring is 2. The average molecular weight is 362 g/mol. The number of hydrogen-bond acceptors (Lipinski definition) is 4. The van der Waals surface area contributed by atoms with E-state index in [1.807, 2.05) is 6.07 Å². The van der Waals surface area contributed by atoms with Crippen LogP contribution >= 0.6 is 0 Å². The van der Waals surface area contributed by atoms with Crippen molar-refractivity contribution < 1.29 is 4.79 Å². The second-order valence-electron chi connectivity index (χ2n) is 7.52. The van der Waals surface area contributed by atoms with E-state index in [2.05, 4.69) is 35.1 Å². The Morgan fingerprint density at radius 2 is 2.00 bits per heavy atom. The Kier molecular flexibility index (Phi) is 4.62. The van der Waals surface area contributed by atoms with E-state index in [4.69, 9.17) is 11.5 Å². The summed E-state index contributed by atoms with van der Waals surface area (Å²) in [5, 5.41) is 1.21. The first-order valence-electron chi connectivity index (χ1n) is 9.50. The number of fused-ring (bicyclic) bond motifs is 1. The lowest BCUT2D eigenvalue weighted by molar-refractivity contribution is 0.0992. The number of carbonyl (C=O) groups excluding carboxylic acids is 1. The van der Waals surface area contributed by atoms with Gasteiger partial charge in [0, 0.05) is 28.2 Å². The number of hydrogen-bond donors (Lipinski definition) is 3. The minimum Gasteiger partial charge on any atom is -0.397 e. The average Bonchev–Trinajstić information content (AvgIpc) is 3.21. The number of aromatic amines is 1. The Bertz CT molecular complexity index is 991. The molecule has 0 amide bonds. The largest absolute Gasteiger partial charge is 0.397 e. The van der Waals surface area contributed by atoms with Crippen LogP contribution in [0.4, 0.5) is 11.4 Å². The number of H-pyrrole nitrogens is 1. The highest BCUT2D eigenvalue weighted by Gasteiger charge is 2.25. The molecule has 0 radical (unpaired) electrons. The highest BCUT2D eigenvalue weighted by atomic mass is 16.1. The fraction of sp³-hybridized carbons (Fsp3) is 0.318. The first-order chi connectivity index (χ1) is 13.0. The minimum atomic E-state index is -0.00705. The lowest BCUT2D eigenvalue weighted by atomic mass is 9.97. The fourth-order valence-corrected chi connectivity index (χ4v) is 4.19. The van der Waals surface area contributed by atoms with E-state index in [1.165, 1.54) is 23.8 Å². The molecule has 5 nitrogen and oxygen atoms in total. The monoisotopic (exact) mass is 362 g/mol. The third-order valence-electron chi connectivity index (χ3n) is 5.79. The summed E-state index contributed by atoms with van der Waals surface area (Å²) in [7, 11) is 2.19. The van der Waals surface area contributed by atoms with Crippen LogP contribution in [0.2, 0.25) is 0 Å². The zero-order chi connectivity index (χ0) is 19.0. The number of rotatable bonds is 5. The Balaban J connectivity index is 1.69. The van der Waals surface area contributed by atoms with Gasteiger partial charge in [0.05, 0.1) is 17.8 Å². The molecule has 1 aliphatic rings. The topological polar surface area (TPSA) is 88.1 Å². The molecule has 1 fully saturated rings. The summed E-state index contributed by atoms with van der Waals surface area (Å²) in [6, 6.07) is 14.1. The van der Waals surface area contributed by atoms with Crippen molar-refractivity contribution in [2.75, 3.05) is 25.1 Å². The van der Waals surface area contributed by atoms with Crippen LogP contribution in [0.5, 0.6) is 0 Å². The molecular formula is C22H26N4O. The van der Waals surface area contributed by atoms with Crippen molar-refractivity contribution in [3.63, 3.8) is 0 Å². The SMILES string of the molecule is CN1CCCC1Cc1c(CC(=O)c2cccc(N)c2N)[nH]c2ccccc12. The number of nitrogens with zero attached hydrogens (tertiary/aromatic N) is 1. The number of likely N-dealkylation sites (tertiary alicyclic amines) is 1. The number of aromatic nitrogens is 1. The van der Waals surface area contributed by atoms with Gasteiger partial charge in [-0.3, -0.25) is 4.79 Å². The number of ketones is 1. The van der Waals surface area contributed by atoms with Crippen molar-refractivity contribution in [2.24, 2.45) is 0 Å². The van der Waals surface area contributed by atoms with Gasteiger partial charge in [-0.05, 0) is 56.6 Å². The van der Waals surface area contributed by atoms with Crippen LogP contribution in [0, 0.1) is 0 Å². The van der Waals surface area contributed by atoms with Crippen LogP contribution in [0.25, 0.3) is 10.9 Å². The number of nitrogens with two attached hydrogens (primary N) is 2. The molecule has 0 bridgehead atoms. The second kappa shape index (κ2) is 7.08. The summed E-state index contributed by atoms with van der Waals surface area (Å²) in [5.74, 6) is -0.00705. The third-order valence-corrected chi connectivity index (χ3v) is 5.79. The van der Waals surface area contributed by atoms with Crippen LogP contribution in [0.15, 0.2) is 42.5 Å². The highest BCUT2D eigenvalue weighted by molar-refractivity contribution is 6.04. The van der Waals surface area contributed by atoms with E-state index in [-0.39, 0.29) is 5.78 Å². The maximum atomic E-state index is 13.0. The maximum Gasteiger partial charge on any atom is 0.170 e. The number of anilines is 2. The first kappa shape index (κ1) is 17.6. The van der Waals surface area contributed by atoms with Crippen molar-refractivity contribution >= 4 is 28.1 Å². The van der Waals surface area contributed by atoms with Crippen LogP contribution in [-0.2, 0) is 12.8 Å². The van der Waals surface area contributed by atoms with E-state index in [1.54, 1.807) is 18.2 Å². The van der Waals surface area contributed by atoms with Gasteiger partial charge in [0.15, 0.2) is 5.78 Å². The molecule has 5 N–H and O–H groups in total. The molecule has 1 atom stereocenters. The van der Waals surface area contributed by atoms with E-state index < -0.39 is 0 Å². The predicted octanol–water partition coefficient (Wildman–Crippen LogP) is 3.39. The minimum absolute atomic E-state index is 0.00705. The smallest absolute Gasteiger partial charge is 0.170 e. The normalized spacial score (nSPS) is 17.6. The van der Waals surface area contributed by atoms with E-state index in [9.17, 15) is 4.79 Å². The van der Waals surface area contributed by atoms with Gasteiger partial charge in [0.2, 0.25) is 0 Å². The summed E-state index contributed by atoms with van der Waals surface area (Å²) in [6.07, 6.45) is 3.69. The molecule has 0 saturated carbocycles. The molecule has 1 unspecified atom stereocenters. The Labute approximate surface area is 159 Å². The molecule has 1 saturated heterocycles. The first-order valence-corrected chi connectivity index (χ1v) is 9.50. The predicted molar refractivity (Wildman–Crippen MR) is 111 cm³/mol. The highest BCUT2D eigenvalue weighted by Crippen LogP contribution is 2.29. The van der Waals surface area contributed by atoms with Gasteiger partial charge in [-0.1, -0.05) is 24.3 Å². The fourth-order valence-electron chi connectivity index (χ4n) is 4.19. The van der Waals surface area contributed by atoms with Gasteiger partial charge in [-0.2, -0.15) is 0 Å². The van der Waals surface area contributed by atoms with Gasteiger partial charge < -0.3 is 21.4 Å². The van der Waals surface area contributed by atoms with Crippen LogP contribution < -0.4 is 11.5 Å². The zero-order valence-corrected chi connectivity index (χ0v) is 15.7. The number of para-hydroxylation sites is 2. The molecule has 1 aromatic heterocycles. The van der Waals surface area contributed by atoms with E-state index in [0.29, 0.717) is 29.4 Å². The molecule has 140 valence electrons. The third kappa shape index (κ3) is 3.30. The molecule has 5 heteroatoms. The van der Waals surface area contributed by atoms with Crippen molar-refractivity contribution in [3.05, 3.63) is 59.3 Å². The number of likely N-dealkylation sites (N-methyl/N-ethyl adjacent to an activating group) is 1. The molecule has 1 aliphatic heterocycles. The standard InChI is InChI=1S/C22H26N4O/c1-26-11-5-6-14(26)12-17-15-7-2-3-10-19(15)25-20(17)13-21(27)16-8-4-9-18(23)22(16)24/h2-4,7-10,14,25H,5-6,11-13,23-24H2,1H3. The van der Waals surface area contributed by atoms with Crippen molar-refractivity contribution in [3.8, 4) is 0 Å². The molecule has 3 aromatic rings. The van der Waals surface area contributed by atoms with Gasteiger partial charge >= 0.3 is 0 Å². The second-order valence-corrected chi connectivity index (χ2v) is 7.52. The van der Waals surface area contributed by atoms with Gasteiger partial charge in [0.1, 0.15) is 0 Å². The summed E-state index contributed by atoms with van der Waals surface area (Å²) in [4.78, 5) is 18.8. The molecule has 4 rings (SSSR count). The van der Waals surface area contributed by atoms with Crippen molar-refractivity contribution in [2.45, 2.75) is 31.7 Å². The number of Topliss-reactive ketones (excluding diaryl/α,β-unsaturated/α-hetero) is 1.